The van der Waals surface area contributed by atoms with Gasteiger partial charge >= 0.3 is 5.69 Å². The molecule has 34 heavy (non-hydrogen) atoms. The van der Waals surface area contributed by atoms with Crippen LogP contribution in [0.25, 0.3) is 28.1 Å². The van der Waals surface area contributed by atoms with Gasteiger partial charge in [-0.25, -0.2) is 9.78 Å². The second kappa shape index (κ2) is 10.5. The molecule has 0 spiro atoms. The molecule has 0 saturated carbocycles. The van der Waals surface area contributed by atoms with E-state index in [1.165, 1.54) is 0 Å². The monoisotopic (exact) mass is 463 g/mol. The van der Waals surface area contributed by atoms with Gasteiger partial charge in [-0.2, -0.15) is 15.2 Å². The van der Waals surface area contributed by atoms with Crippen molar-refractivity contribution in [1.29, 1.82) is 5.26 Å². The van der Waals surface area contributed by atoms with Crippen LogP contribution in [0.1, 0.15) is 44.7 Å². The first-order chi connectivity index (χ1) is 16.7. The minimum Gasteiger partial charge on any atom is -0.381 e. The van der Waals surface area contributed by atoms with E-state index in [0.29, 0.717) is 60.3 Å². The summed E-state index contributed by atoms with van der Waals surface area (Å²) in [5.74, 6) is 0.893. The maximum absolute atomic E-state index is 12.9. The molecule has 11 heteroatoms. The zero-order valence-electron chi connectivity index (χ0n) is 19.4. The molecular weight excluding hydrogens is 434 g/mol. The summed E-state index contributed by atoms with van der Waals surface area (Å²) in [5, 5.41) is 12.6. The summed E-state index contributed by atoms with van der Waals surface area (Å²) in [4.78, 5) is 29.7. The highest BCUT2D eigenvalue weighted by molar-refractivity contribution is 5.85. The number of benzene rings is 1. The summed E-state index contributed by atoms with van der Waals surface area (Å²) in [7, 11) is 0. The van der Waals surface area contributed by atoms with Gasteiger partial charge in [0.2, 0.25) is 5.95 Å². The van der Waals surface area contributed by atoms with Gasteiger partial charge in [0.25, 0.3) is 0 Å². The second-order valence-electron chi connectivity index (χ2n) is 7.71. The van der Waals surface area contributed by atoms with Crippen LogP contribution in [0, 0.1) is 11.3 Å². The molecule has 1 aliphatic heterocycles. The first kappa shape index (κ1) is 23.4. The lowest BCUT2D eigenvalue weighted by Crippen LogP contribution is -2.27. The highest BCUT2D eigenvalue weighted by Crippen LogP contribution is 2.27. The number of nitriles is 1. The Morgan fingerprint density at radius 2 is 2.09 bits per heavy atom. The van der Waals surface area contributed by atoms with Crippen molar-refractivity contribution in [3.05, 3.63) is 40.6 Å². The first-order valence-electron chi connectivity index (χ1n) is 11.6. The van der Waals surface area contributed by atoms with Crippen LogP contribution in [0.3, 0.4) is 0 Å². The molecule has 0 bridgehead atoms. The lowest BCUT2D eigenvalue weighted by molar-refractivity contribution is 0.0697. The van der Waals surface area contributed by atoms with E-state index >= 15 is 0 Å². The van der Waals surface area contributed by atoms with Crippen molar-refractivity contribution in [3.8, 4) is 12.0 Å². The predicted octanol–water partition coefficient (Wildman–Crippen LogP) is 2.47. The van der Waals surface area contributed by atoms with Gasteiger partial charge in [-0.15, -0.1) is 0 Å². The van der Waals surface area contributed by atoms with Crippen LogP contribution in [0.5, 0.6) is 0 Å². The SMILES string of the molecule is CC.N#Cc1ccc2ncn(-c3nc(NCCCN)c4[nH]c(=O)n(C5CCOCC5)c4n3)c2c1. The number of aromatic amines is 1. The summed E-state index contributed by atoms with van der Waals surface area (Å²) in [5.41, 5.74) is 8.46. The molecule has 0 aliphatic carbocycles. The van der Waals surface area contributed by atoms with E-state index in [0.717, 1.165) is 24.8 Å². The summed E-state index contributed by atoms with van der Waals surface area (Å²) in [6, 6.07) is 7.40. The fourth-order valence-electron chi connectivity index (χ4n) is 4.05. The summed E-state index contributed by atoms with van der Waals surface area (Å²) < 4.78 is 8.91. The number of imidazole rings is 2. The standard InChI is InChI=1S/C21H23N9O2.C2H6/c22-6-1-7-24-18-17-19(30(21(31)26-17)14-4-8-32-9-5-14)28-20(27-18)29-12-25-15-3-2-13(11-23)10-16(15)29;1-2/h2-3,10,12,14H,1,4-9,22H2,(H,26,31)(H,24,27,28);1-2H3. The molecule has 0 amide bonds. The van der Waals surface area contributed by atoms with Crippen molar-refractivity contribution >= 4 is 28.0 Å². The molecule has 5 rings (SSSR count). The number of rotatable bonds is 6. The molecule has 0 radical (unpaired) electrons. The third-order valence-electron chi connectivity index (χ3n) is 5.68. The third kappa shape index (κ3) is 4.37. The van der Waals surface area contributed by atoms with E-state index < -0.39 is 0 Å². The van der Waals surface area contributed by atoms with E-state index in [2.05, 4.69) is 26.3 Å². The second-order valence-corrected chi connectivity index (χ2v) is 7.71. The van der Waals surface area contributed by atoms with Gasteiger partial charge in [-0.05, 0) is 44.0 Å². The van der Waals surface area contributed by atoms with Crippen molar-refractivity contribution in [3.63, 3.8) is 0 Å². The van der Waals surface area contributed by atoms with Gasteiger partial charge < -0.3 is 20.8 Å². The summed E-state index contributed by atoms with van der Waals surface area (Å²) in [6.45, 7) is 6.35. The molecular formula is C23H29N9O2. The van der Waals surface area contributed by atoms with Crippen LogP contribution in [0.2, 0.25) is 0 Å². The Morgan fingerprint density at radius 1 is 1.29 bits per heavy atom. The van der Waals surface area contributed by atoms with Crippen molar-refractivity contribution in [1.82, 2.24) is 29.1 Å². The van der Waals surface area contributed by atoms with Gasteiger partial charge in [-0.3, -0.25) is 9.13 Å². The Hall–Kier alpha value is -3.75. The lowest BCUT2D eigenvalue weighted by atomic mass is 10.1. The van der Waals surface area contributed by atoms with Crippen LogP contribution in [-0.4, -0.2) is 55.4 Å². The number of aromatic nitrogens is 6. The Bertz CT molecular complexity index is 1370. The van der Waals surface area contributed by atoms with E-state index in [1.807, 2.05) is 13.8 Å². The predicted molar refractivity (Wildman–Crippen MR) is 130 cm³/mol. The fraction of sp³-hybridized carbons (Fsp3) is 0.435. The number of hydrogen-bond donors (Lipinski definition) is 3. The van der Waals surface area contributed by atoms with E-state index in [1.54, 1.807) is 33.7 Å². The van der Waals surface area contributed by atoms with E-state index in [4.69, 9.17) is 15.5 Å². The minimum absolute atomic E-state index is 0.00522. The topological polar surface area (TPSA) is 152 Å². The molecule has 11 nitrogen and oxygen atoms in total. The quantitative estimate of drug-likeness (QED) is 0.369. The average Bonchev–Trinajstić information content (AvgIpc) is 3.45. The highest BCUT2D eigenvalue weighted by atomic mass is 16.5. The minimum atomic E-state index is -0.220. The van der Waals surface area contributed by atoms with Crippen molar-refractivity contribution in [2.75, 3.05) is 31.6 Å². The molecule has 1 fully saturated rings. The van der Waals surface area contributed by atoms with Crippen molar-refractivity contribution in [2.24, 2.45) is 5.73 Å². The smallest absolute Gasteiger partial charge is 0.328 e. The van der Waals surface area contributed by atoms with Gasteiger partial charge in [0, 0.05) is 25.8 Å². The number of nitrogens with two attached hydrogens (primary N) is 1. The maximum atomic E-state index is 12.9. The summed E-state index contributed by atoms with van der Waals surface area (Å²) in [6.07, 6.45) is 3.86. The maximum Gasteiger partial charge on any atom is 0.328 e. The lowest BCUT2D eigenvalue weighted by Gasteiger charge is -2.23. The van der Waals surface area contributed by atoms with E-state index in [9.17, 15) is 10.1 Å². The third-order valence-corrected chi connectivity index (χ3v) is 5.68. The molecule has 0 atom stereocenters. The number of nitrogens with zero attached hydrogens (tertiary/aromatic N) is 6. The van der Waals surface area contributed by atoms with Crippen LogP contribution in [0.4, 0.5) is 5.82 Å². The van der Waals surface area contributed by atoms with Crippen LogP contribution >= 0.6 is 0 Å². The van der Waals surface area contributed by atoms with Crippen LogP contribution in [-0.2, 0) is 4.74 Å². The number of anilines is 1. The zero-order valence-corrected chi connectivity index (χ0v) is 19.4. The molecule has 4 aromatic rings. The first-order valence-corrected chi connectivity index (χ1v) is 11.6. The Balaban J connectivity index is 0.00000133. The van der Waals surface area contributed by atoms with Gasteiger partial charge in [0.15, 0.2) is 11.5 Å². The summed E-state index contributed by atoms with van der Waals surface area (Å²) >= 11 is 0. The molecule has 4 heterocycles. The number of nitrogens with one attached hydrogen (secondary N) is 2. The molecule has 178 valence electrons. The Morgan fingerprint density at radius 3 is 2.82 bits per heavy atom. The molecule has 1 aliphatic rings. The average molecular weight is 464 g/mol. The molecule has 0 unspecified atom stereocenters. The molecule has 1 aromatic carbocycles. The number of H-pyrrole nitrogens is 1. The number of fused-ring (bicyclic) bond motifs is 2. The number of ether oxygens (including phenoxy) is 1. The largest absolute Gasteiger partial charge is 0.381 e. The Kier molecular flexibility index (Phi) is 7.20. The van der Waals surface area contributed by atoms with Gasteiger partial charge in [0.05, 0.1) is 22.7 Å². The Labute approximate surface area is 196 Å². The molecule has 3 aromatic heterocycles. The molecule has 4 N–H and O–H groups in total. The van der Waals surface area contributed by atoms with Gasteiger partial charge in [-0.1, -0.05) is 13.8 Å². The van der Waals surface area contributed by atoms with Crippen LogP contribution < -0.4 is 16.7 Å². The van der Waals surface area contributed by atoms with E-state index in [-0.39, 0.29) is 11.7 Å². The number of hydrogen-bond acceptors (Lipinski definition) is 8. The zero-order chi connectivity index (χ0) is 24.1. The normalized spacial score (nSPS) is 14.1. The highest BCUT2D eigenvalue weighted by Gasteiger charge is 2.24. The molecule has 1 saturated heterocycles. The van der Waals surface area contributed by atoms with Crippen LogP contribution in [0.15, 0.2) is 29.3 Å². The van der Waals surface area contributed by atoms with Crippen molar-refractivity contribution in [2.45, 2.75) is 39.2 Å². The van der Waals surface area contributed by atoms with Gasteiger partial charge in [0.1, 0.15) is 11.8 Å². The fourth-order valence-corrected chi connectivity index (χ4v) is 4.05. The van der Waals surface area contributed by atoms with Crippen molar-refractivity contribution < 1.29 is 4.74 Å².